The Morgan fingerprint density at radius 2 is 2.03 bits per heavy atom. The minimum atomic E-state index is -0.728. The van der Waals surface area contributed by atoms with Gasteiger partial charge in [0.25, 0.3) is 16.8 Å². The van der Waals surface area contributed by atoms with E-state index in [1.807, 2.05) is 25.1 Å². The minimum Gasteiger partial charge on any atom is -0.506 e. The molecule has 2 aromatic carbocycles. The third kappa shape index (κ3) is 4.61. The standard InChI is InChI=1S/C19H15N3O6S/c1-11-3-2-4-12(7-11)8-16-18(25)21(19(26)29-16)10-17(24)20-14-6-5-13(22(27)28)9-15(14)23/h2-9,23H,10H2,1H3,(H,20,24)/b16-8-. The smallest absolute Gasteiger partial charge is 0.294 e. The van der Waals surface area contributed by atoms with Gasteiger partial charge in [-0.3, -0.25) is 29.4 Å². The Morgan fingerprint density at radius 3 is 2.69 bits per heavy atom. The molecule has 1 saturated heterocycles. The summed E-state index contributed by atoms with van der Waals surface area (Å²) in [5.41, 5.74) is 1.35. The van der Waals surface area contributed by atoms with Gasteiger partial charge < -0.3 is 10.4 Å². The Hall–Kier alpha value is -3.66. The van der Waals surface area contributed by atoms with Crippen LogP contribution in [0.4, 0.5) is 16.2 Å². The van der Waals surface area contributed by atoms with E-state index in [1.165, 1.54) is 0 Å². The number of carbonyl (C=O) groups is 3. The van der Waals surface area contributed by atoms with Crippen molar-refractivity contribution in [2.75, 3.05) is 11.9 Å². The summed E-state index contributed by atoms with van der Waals surface area (Å²) in [6, 6.07) is 10.6. The van der Waals surface area contributed by atoms with Crippen LogP contribution in [0.25, 0.3) is 6.08 Å². The molecule has 9 nitrogen and oxygen atoms in total. The summed E-state index contributed by atoms with van der Waals surface area (Å²) in [5, 5.41) is 22.2. The number of phenolic OH excluding ortho intramolecular Hbond substituents is 1. The maximum atomic E-state index is 12.5. The topological polar surface area (TPSA) is 130 Å². The quantitative estimate of drug-likeness (QED) is 0.333. The monoisotopic (exact) mass is 413 g/mol. The minimum absolute atomic E-state index is 0.0668. The van der Waals surface area contributed by atoms with Crippen molar-refractivity contribution in [3.8, 4) is 5.75 Å². The zero-order chi connectivity index (χ0) is 21.1. The lowest BCUT2D eigenvalue weighted by atomic mass is 10.1. The molecule has 0 spiro atoms. The number of imide groups is 1. The first-order valence-corrected chi connectivity index (χ1v) is 9.15. The van der Waals surface area contributed by atoms with Crippen molar-refractivity contribution in [2.24, 2.45) is 0 Å². The highest BCUT2D eigenvalue weighted by molar-refractivity contribution is 8.18. The van der Waals surface area contributed by atoms with Gasteiger partial charge in [-0.15, -0.1) is 0 Å². The Bertz CT molecular complexity index is 1070. The molecular weight excluding hydrogens is 398 g/mol. The zero-order valence-electron chi connectivity index (χ0n) is 15.1. The van der Waals surface area contributed by atoms with Crippen LogP contribution in [0, 0.1) is 17.0 Å². The van der Waals surface area contributed by atoms with E-state index in [9.17, 15) is 29.6 Å². The van der Waals surface area contributed by atoms with Gasteiger partial charge in [-0.05, 0) is 36.4 Å². The van der Waals surface area contributed by atoms with E-state index in [0.29, 0.717) is 0 Å². The number of amides is 3. The van der Waals surface area contributed by atoms with Crippen molar-refractivity contribution >= 4 is 46.3 Å². The van der Waals surface area contributed by atoms with Crippen molar-refractivity contribution in [2.45, 2.75) is 6.92 Å². The van der Waals surface area contributed by atoms with Crippen molar-refractivity contribution < 1.29 is 24.4 Å². The van der Waals surface area contributed by atoms with Crippen LogP contribution in [-0.2, 0) is 9.59 Å². The first kappa shape index (κ1) is 20.1. The van der Waals surface area contributed by atoms with Gasteiger partial charge in [-0.25, -0.2) is 0 Å². The molecule has 1 heterocycles. The highest BCUT2D eigenvalue weighted by Gasteiger charge is 2.36. The van der Waals surface area contributed by atoms with Crippen molar-refractivity contribution in [1.82, 2.24) is 4.90 Å². The lowest BCUT2D eigenvalue weighted by Crippen LogP contribution is -2.36. The van der Waals surface area contributed by atoms with E-state index in [4.69, 9.17) is 0 Å². The molecule has 0 aromatic heterocycles. The molecular formula is C19H15N3O6S. The fourth-order valence-electron chi connectivity index (χ4n) is 2.62. The molecule has 3 rings (SSSR count). The third-order valence-corrected chi connectivity index (χ3v) is 4.89. The van der Waals surface area contributed by atoms with Crippen LogP contribution < -0.4 is 5.32 Å². The Balaban J connectivity index is 1.70. The molecule has 0 radical (unpaired) electrons. The van der Waals surface area contributed by atoms with E-state index in [2.05, 4.69) is 5.32 Å². The molecule has 1 aliphatic rings. The molecule has 2 N–H and O–H groups in total. The molecule has 1 fully saturated rings. The van der Waals surface area contributed by atoms with E-state index in [0.717, 1.165) is 46.0 Å². The van der Waals surface area contributed by atoms with Crippen molar-refractivity contribution in [3.05, 3.63) is 68.6 Å². The second-order valence-corrected chi connectivity index (χ2v) is 7.18. The highest BCUT2D eigenvalue weighted by atomic mass is 32.2. The van der Waals surface area contributed by atoms with Gasteiger partial charge in [-0.1, -0.05) is 29.8 Å². The average molecular weight is 413 g/mol. The number of thioether (sulfide) groups is 1. The first-order chi connectivity index (χ1) is 13.7. The first-order valence-electron chi connectivity index (χ1n) is 8.34. The summed E-state index contributed by atoms with van der Waals surface area (Å²) in [7, 11) is 0. The second kappa shape index (κ2) is 8.15. The molecule has 0 atom stereocenters. The number of hydrogen-bond donors (Lipinski definition) is 2. The van der Waals surface area contributed by atoms with Gasteiger partial charge in [0.1, 0.15) is 12.3 Å². The maximum Gasteiger partial charge on any atom is 0.294 e. The van der Waals surface area contributed by atoms with E-state index >= 15 is 0 Å². The number of rotatable bonds is 5. The van der Waals surface area contributed by atoms with Crippen LogP contribution in [0.15, 0.2) is 47.4 Å². The number of benzene rings is 2. The van der Waals surface area contributed by atoms with Gasteiger partial charge in [-0.2, -0.15) is 0 Å². The molecule has 2 aromatic rings. The van der Waals surface area contributed by atoms with Gasteiger partial charge >= 0.3 is 0 Å². The average Bonchev–Trinajstić information content (AvgIpc) is 2.90. The number of nitrogens with one attached hydrogen (secondary N) is 1. The molecule has 29 heavy (non-hydrogen) atoms. The predicted octanol–water partition coefficient (Wildman–Crippen LogP) is 3.28. The lowest BCUT2D eigenvalue weighted by molar-refractivity contribution is -0.384. The number of carbonyl (C=O) groups excluding carboxylic acids is 3. The lowest BCUT2D eigenvalue weighted by Gasteiger charge is -2.13. The van der Waals surface area contributed by atoms with E-state index < -0.39 is 34.3 Å². The van der Waals surface area contributed by atoms with E-state index in [-0.39, 0.29) is 16.3 Å². The van der Waals surface area contributed by atoms with Crippen LogP contribution in [0.3, 0.4) is 0 Å². The van der Waals surface area contributed by atoms with Crippen molar-refractivity contribution in [1.29, 1.82) is 0 Å². The number of nitrogens with zero attached hydrogens (tertiary/aromatic N) is 2. The Kier molecular flexibility index (Phi) is 5.64. The van der Waals surface area contributed by atoms with Crippen LogP contribution in [0.2, 0.25) is 0 Å². The van der Waals surface area contributed by atoms with Gasteiger partial charge in [0.05, 0.1) is 21.6 Å². The largest absolute Gasteiger partial charge is 0.506 e. The number of nitro benzene ring substituents is 1. The van der Waals surface area contributed by atoms with Crippen LogP contribution in [0.5, 0.6) is 5.75 Å². The summed E-state index contributed by atoms with van der Waals surface area (Å²) in [6.07, 6.45) is 1.58. The highest BCUT2D eigenvalue weighted by Crippen LogP contribution is 2.32. The molecule has 3 amide bonds. The molecule has 1 aliphatic heterocycles. The number of hydrogen-bond acceptors (Lipinski definition) is 7. The van der Waals surface area contributed by atoms with Crippen LogP contribution in [-0.4, -0.2) is 38.5 Å². The number of phenols is 1. The van der Waals surface area contributed by atoms with Crippen LogP contribution in [0.1, 0.15) is 11.1 Å². The molecule has 0 aliphatic carbocycles. The molecule has 0 bridgehead atoms. The second-order valence-electron chi connectivity index (χ2n) is 6.19. The Labute approximate surface area is 169 Å². The Morgan fingerprint density at radius 1 is 1.28 bits per heavy atom. The summed E-state index contributed by atoms with van der Waals surface area (Å²) < 4.78 is 0. The van der Waals surface area contributed by atoms with E-state index in [1.54, 1.807) is 12.1 Å². The van der Waals surface area contributed by atoms with Gasteiger partial charge in [0.15, 0.2) is 0 Å². The maximum absolute atomic E-state index is 12.5. The predicted molar refractivity (Wildman–Crippen MR) is 107 cm³/mol. The zero-order valence-corrected chi connectivity index (χ0v) is 15.9. The normalized spacial score (nSPS) is 15.1. The summed E-state index contributed by atoms with van der Waals surface area (Å²) >= 11 is 0.733. The summed E-state index contributed by atoms with van der Waals surface area (Å²) in [4.78, 5) is 47.8. The van der Waals surface area contributed by atoms with Gasteiger partial charge in [0.2, 0.25) is 5.91 Å². The number of non-ortho nitro benzene ring substituents is 1. The van der Waals surface area contributed by atoms with Crippen molar-refractivity contribution in [3.63, 3.8) is 0 Å². The summed E-state index contributed by atoms with van der Waals surface area (Å²) in [6.45, 7) is 1.35. The number of nitro groups is 1. The molecule has 0 unspecified atom stereocenters. The molecule has 10 heteroatoms. The SMILES string of the molecule is Cc1cccc(/C=C2\SC(=O)N(CC(=O)Nc3ccc([N+](=O)[O-])cc3O)C2=O)c1. The van der Waals surface area contributed by atoms with Crippen LogP contribution >= 0.6 is 11.8 Å². The fourth-order valence-corrected chi connectivity index (χ4v) is 3.46. The molecule has 0 saturated carbocycles. The molecule has 148 valence electrons. The van der Waals surface area contributed by atoms with Gasteiger partial charge in [0, 0.05) is 6.07 Å². The third-order valence-electron chi connectivity index (χ3n) is 3.98. The summed E-state index contributed by atoms with van der Waals surface area (Å²) in [5.74, 6) is -1.82. The number of aromatic hydroxyl groups is 1. The number of aryl methyl sites for hydroxylation is 1. The fraction of sp³-hybridized carbons (Fsp3) is 0.105. The number of anilines is 1.